The molecule has 4 heteroatoms. The van der Waals surface area contributed by atoms with E-state index in [-0.39, 0.29) is 11.9 Å². The average molecular weight is 237 g/mol. The Bertz CT molecular complexity index is 350. The van der Waals surface area contributed by atoms with E-state index in [0.29, 0.717) is 0 Å². The van der Waals surface area contributed by atoms with E-state index in [2.05, 4.69) is 15.5 Å². The second-order valence-electron chi connectivity index (χ2n) is 4.41. The molecule has 1 aliphatic rings. The van der Waals surface area contributed by atoms with Crippen LogP contribution in [0.15, 0.2) is 24.3 Å². The van der Waals surface area contributed by atoms with Gasteiger partial charge in [0.1, 0.15) is 5.82 Å². The fraction of sp³-hybridized carbons (Fsp3) is 0.538. The van der Waals surface area contributed by atoms with Gasteiger partial charge >= 0.3 is 0 Å². The predicted molar refractivity (Wildman–Crippen MR) is 67.5 cm³/mol. The summed E-state index contributed by atoms with van der Waals surface area (Å²) in [6, 6.07) is 7.07. The Morgan fingerprint density at radius 3 is 2.71 bits per heavy atom. The number of nitrogens with one attached hydrogen (secondary N) is 2. The number of hydrogen-bond donors (Lipinski definition) is 2. The first-order valence-corrected chi connectivity index (χ1v) is 6.16. The Morgan fingerprint density at radius 2 is 2.06 bits per heavy atom. The van der Waals surface area contributed by atoms with Crippen molar-refractivity contribution < 1.29 is 4.39 Å². The summed E-state index contributed by atoms with van der Waals surface area (Å²) >= 11 is 0. The van der Waals surface area contributed by atoms with Crippen molar-refractivity contribution in [1.82, 2.24) is 15.5 Å². The predicted octanol–water partition coefficient (Wildman–Crippen LogP) is 0.991. The van der Waals surface area contributed by atoms with Crippen molar-refractivity contribution in [3.05, 3.63) is 35.6 Å². The van der Waals surface area contributed by atoms with Crippen LogP contribution in [-0.4, -0.2) is 44.7 Å². The van der Waals surface area contributed by atoms with E-state index in [0.717, 1.165) is 38.3 Å². The van der Waals surface area contributed by atoms with Crippen LogP contribution in [0.1, 0.15) is 11.6 Å². The van der Waals surface area contributed by atoms with Gasteiger partial charge in [-0.2, -0.15) is 0 Å². The van der Waals surface area contributed by atoms with Crippen molar-refractivity contribution in [3.63, 3.8) is 0 Å². The lowest BCUT2D eigenvalue weighted by molar-refractivity contribution is 0.217. The molecule has 0 radical (unpaired) electrons. The highest BCUT2D eigenvalue weighted by Gasteiger charge is 2.18. The van der Waals surface area contributed by atoms with E-state index in [1.807, 2.05) is 19.2 Å². The molecule has 2 N–H and O–H groups in total. The second kappa shape index (κ2) is 6.10. The monoisotopic (exact) mass is 237 g/mol. The summed E-state index contributed by atoms with van der Waals surface area (Å²) in [6.07, 6.45) is 0. The van der Waals surface area contributed by atoms with Crippen LogP contribution in [-0.2, 0) is 0 Å². The highest BCUT2D eigenvalue weighted by atomic mass is 19.1. The maximum absolute atomic E-state index is 13.7. The first-order valence-electron chi connectivity index (χ1n) is 6.16. The Balaban J connectivity index is 2.03. The largest absolute Gasteiger partial charge is 0.314 e. The standard InChI is InChI=1S/C13H20FN3/c1-15-13(10-17-8-6-16-7-9-17)11-4-2-3-5-12(11)14/h2-5,13,15-16H,6-10H2,1H3. The topological polar surface area (TPSA) is 27.3 Å². The van der Waals surface area contributed by atoms with Crippen LogP contribution in [0, 0.1) is 5.82 Å². The molecule has 1 aromatic rings. The molecule has 1 fully saturated rings. The molecule has 1 unspecified atom stereocenters. The van der Waals surface area contributed by atoms with E-state index < -0.39 is 0 Å². The SMILES string of the molecule is CNC(CN1CCNCC1)c1ccccc1F. The van der Waals surface area contributed by atoms with Gasteiger partial charge < -0.3 is 10.6 Å². The van der Waals surface area contributed by atoms with Gasteiger partial charge in [0, 0.05) is 44.3 Å². The number of hydrogen-bond acceptors (Lipinski definition) is 3. The molecule has 17 heavy (non-hydrogen) atoms. The fourth-order valence-electron chi connectivity index (χ4n) is 2.25. The quantitative estimate of drug-likeness (QED) is 0.818. The summed E-state index contributed by atoms with van der Waals surface area (Å²) in [7, 11) is 1.89. The highest BCUT2D eigenvalue weighted by molar-refractivity contribution is 5.21. The van der Waals surface area contributed by atoms with Crippen LogP contribution in [0.5, 0.6) is 0 Å². The van der Waals surface area contributed by atoms with Crippen LogP contribution < -0.4 is 10.6 Å². The molecule has 0 aliphatic carbocycles. The molecule has 0 aromatic heterocycles. The molecule has 3 nitrogen and oxygen atoms in total. The summed E-state index contributed by atoms with van der Waals surface area (Å²) in [5, 5.41) is 6.53. The fourth-order valence-corrected chi connectivity index (χ4v) is 2.25. The Morgan fingerprint density at radius 1 is 1.35 bits per heavy atom. The molecule has 1 heterocycles. The zero-order valence-electron chi connectivity index (χ0n) is 10.2. The molecule has 0 spiro atoms. The Labute approximate surface area is 102 Å². The van der Waals surface area contributed by atoms with E-state index in [9.17, 15) is 4.39 Å². The summed E-state index contributed by atoms with van der Waals surface area (Å²) < 4.78 is 13.7. The number of piperazine rings is 1. The number of benzene rings is 1. The number of nitrogens with zero attached hydrogens (tertiary/aromatic N) is 1. The highest BCUT2D eigenvalue weighted by Crippen LogP contribution is 2.17. The maximum Gasteiger partial charge on any atom is 0.128 e. The van der Waals surface area contributed by atoms with Crippen molar-refractivity contribution in [2.75, 3.05) is 39.8 Å². The van der Waals surface area contributed by atoms with Crippen molar-refractivity contribution in [2.24, 2.45) is 0 Å². The first-order chi connectivity index (χ1) is 8.31. The number of halogens is 1. The van der Waals surface area contributed by atoms with Gasteiger partial charge in [-0.1, -0.05) is 18.2 Å². The van der Waals surface area contributed by atoms with Gasteiger partial charge in [0.2, 0.25) is 0 Å². The average Bonchev–Trinajstić information content (AvgIpc) is 2.38. The lowest BCUT2D eigenvalue weighted by Crippen LogP contribution is -2.46. The Kier molecular flexibility index (Phi) is 4.48. The molecule has 1 saturated heterocycles. The zero-order chi connectivity index (χ0) is 12.1. The summed E-state index contributed by atoms with van der Waals surface area (Å²) in [6.45, 7) is 4.97. The molecule has 1 aromatic carbocycles. The van der Waals surface area contributed by atoms with Crippen molar-refractivity contribution in [1.29, 1.82) is 0 Å². The van der Waals surface area contributed by atoms with Gasteiger partial charge in [-0.3, -0.25) is 4.90 Å². The lowest BCUT2D eigenvalue weighted by atomic mass is 10.1. The third-order valence-electron chi connectivity index (χ3n) is 3.28. The van der Waals surface area contributed by atoms with Gasteiger partial charge in [-0.15, -0.1) is 0 Å². The normalized spacial score (nSPS) is 19.2. The lowest BCUT2D eigenvalue weighted by Gasteiger charge is -2.31. The van der Waals surface area contributed by atoms with Gasteiger partial charge in [0.25, 0.3) is 0 Å². The smallest absolute Gasteiger partial charge is 0.128 e. The summed E-state index contributed by atoms with van der Waals surface area (Å²) in [4.78, 5) is 2.37. The molecular weight excluding hydrogens is 217 g/mol. The van der Waals surface area contributed by atoms with Crippen LogP contribution in [0.3, 0.4) is 0 Å². The minimum absolute atomic E-state index is 0.0642. The third-order valence-corrected chi connectivity index (χ3v) is 3.28. The molecule has 0 saturated carbocycles. The minimum Gasteiger partial charge on any atom is -0.314 e. The van der Waals surface area contributed by atoms with Crippen molar-refractivity contribution in [2.45, 2.75) is 6.04 Å². The van der Waals surface area contributed by atoms with Crippen LogP contribution in [0.4, 0.5) is 4.39 Å². The first kappa shape index (κ1) is 12.5. The minimum atomic E-state index is -0.123. The second-order valence-corrected chi connectivity index (χ2v) is 4.41. The van der Waals surface area contributed by atoms with Gasteiger partial charge in [-0.05, 0) is 13.1 Å². The van der Waals surface area contributed by atoms with E-state index in [4.69, 9.17) is 0 Å². The molecule has 1 atom stereocenters. The number of rotatable bonds is 4. The van der Waals surface area contributed by atoms with Gasteiger partial charge in [0.15, 0.2) is 0 Å². The summed E-state index contributed by atoms with van der Waals surface area (Å²) in [5.41, 5.74) is 0.758. The molecule has 1 aliphatic heterocycles. The van der Waals surface area contributed by atoms with Crippen LogP contribution >= 0.6 is 0 Å². The molecule has 2 rings (SSSR count). The zero-order valence-corrected chi connectivity index (χ0v) is 10.2. The summed E-state index contributed by atoms with van der Waals surface area (Å²) in [5.74, 6) is -0.123. The molecule has 0 bridgehead atoms. The molecule has 0 amide bonds. The number of likely N-dealkylation sites (N-methyl/N-ethyl adjacent to an activating group) is 1. The van der Waals surface area contributed by atoms with Crippen LogP contribution in [0.25, 0.3) is 0 Å². The van der Waals surface area contributed by atoms with E-state index in [1.54, 1.807) is 6.07 Å². The molecular formula is C13H20FN3. The van der Waals surface area contributed by atoms with Gasteiger partial charge in [0.05, 0.1) is 0 Å². The Hall–Kier alpha value is -0.970. The molecule has 94 valence electrons. The van der Waals surface area contributed by atoms with E-state index in [1.165, 1.54) is 6.07 Å². The van der Waals surface area contributed by atoms with E-state index >= 15 is 0 Å². The maximum atomic E-state index is 13.7. The van der Waals surface area contributed by atoms with Crippen LogP contribution in [0.2, 0.25) is 0 Å². The van der Waals surface area contributed by atoms with Crippen molar-refractivity contribution >= 4 is 0 Å². The van der Waals surface area contributed by atoms with Crippen molar-refractivity contribution in [3.8, 4) is 0 Å². The third kappa shape index (κ3) is 3.25. The van der Waals surface area contributed by atoms with Gasteiger partial charge in [-0.25, -0.2) is 4.39 Å².